The third kappa shape index (κ3) is 3.58. The van der Waals surface area contributed by atoms with Gasteiger partial charge in [-0.15, -0.1) is 0 Å². The monoisotopic (exact) mass is 306 g/mol. The fraction of sp³-hybridized carbons (Fsp3) is 0.133. The summed E-state index contributed by atoms with van der Waals surface area (Å²) in [5.74, 6) is 0.868. The topological polar surface area (TPSA) is 73.6 Å². The van der Waals surface area contributed by atoms with Crippen LogP contribution in [0.25, 0.3) is 0 Å². The van der Waals surface area contributed by atoms with Crippen LogP contribution in [0.2, 0.25) is 5.02 Å². The van der Waals surface area contributed by atoms with Crippen molar-refractivity contribution in [2.45, 2.75) is 0 Å². The van der Waals surface area contributed by atoms with Gasteiger partial charge in [-0.3, -0.25) is 4.79 Å². The molecule has 0 aliphatic rings. The number of rotatable bonds is 4. The van der Waals surface area contributed by atoms with Crippen molar-refractivity contribution < 1.29 is 14.3 Å². The highest BCUT2D eigenvalue weighted by atomic mass is 35.5. The van der Waals surface area contributed by atoms with Crippen LogP contribution in [0.5, 0.6) is 11.5 Å². The molecule has 0 heterocycles. The first-order valence-electron chi connectivity index (χ1n) is 6.13. The summed E-state index contributed by atoms with van der Waals surface area (Å²) in [6.45, 7) is 0. The predicted octanol–water partition coefficient (Wildman–Crippen LogP) is 3.19. The van der Waals surface area contributed by atoms with Crippen LogP contribution in [0.4, 0.5) is 11.4 Å². The van der Waals surface area contributed by atoms with Crippen molar-refractivity contribution >= 4 is 28.9 Å². The Morgan fingerprint density at radius 3 is 2.24 bits per heavy atom. The zero-order chi connectivity index (χ0) is 15.4. The molecule has 0 radical (unpaired) electrons. The molecule has 0 fully saturated rings. The summed E-state index contributed by atoms with van der Waals surface area (Å²) in [6.07, 6.45) is 0. The van der Waals surface area contributed by atoms with E-state index in [2.05, 4.69) is 5.32 Å². The molecular weight excluding hydrogens is 292 g/mol. The highest BCUT2D eigenvalue weighted by Gasteiger charge is 2.10. The van der Waals surface area contributed by atoms with Crippen LogP contribution in [0.1, 0.15) is 10.4 Å². The van der Waals surface area contributed by atoms with Crippen molar-refractivity contribution in [2.75, 3.05) is 25.3 Å². The van der Waals surface area contributed by atoms with Gasteiger partial charge < -0.3 is 20.5 Å². The Morgan fingerprint density at radius 2 is 1.71 bits per heavy atom. The van der Waals surface area contributed by atoms with E-state index >= 15 is 0 Å². The maximum absolute atomic E-state index is 12.2. The number of anilines is 2. The van der Waals surface area contributed by atoms with E-state index in [1.54, 1.807) is 44.6 Å². The standard InChI is InChI=1S/C15H15ClN2O3/c1-20-11-6-10(7-12(8-11)21-2)18-15(19)9-3-4-14(17)13(16)5-9/h3-8H,17H2,1-2H3,(H,18,19). The summed E-state index contributed by atoms with van der Waals surface area (Å²) < 4.78 is 10.3. The lowest BCUT2D eigenvalue weighted by Gasteiger charge is -2.10. The molecule has 0 aliphatic heterocycles. The van der Waals surface area contributed by atoms with Crippen LogP contribution in [0.3, 0.4) is 0 Å². The number of methoxy groups -OCH3 is 2. The number of nitrogens with two attached hydrogens (primary N) is 1. The number of nitrogens with one attached hydrogen (secondary N) is 1. The van der Waals surface area contributed by atoms with Crippen molar-refractivity contribution in [1.29, 1.82) is 0 Å². The minimum atomic E-state index is -0.299. The molecule has 2 aromatic carbocycles. The van der Waals surface area contributed by atoms with Crippen LogP contribution < -0.4 is 20.5 Å². The van der Waals surface area contributed by atoms with Gasteiger partial charge in [0.05, 0.1) is 24.9 Å². The first-order chi connectivity index (χ1) is 10.0. The first-order valence-corrected chi connectivity index (χ1v) is 6.50. The van der Waals surface area contributed by atoms with E-state index < -0.39 is 0 Å². The number of amides is 1. The number of carbonyl (C=O) groups is 1. The molecule has 0 atom stereocenters. The number of nitrogen functional groups attached to an aromatic ring is 1. The van der Waals surface area contributed by atoms with Crippen molar-refractivity contribution in [3.63, 3.8) is 0 Å². The van der Waals surface area contributed by atoms with Gasteiger partial charge in [0, 0.05) is 29.4 Å². The van der Waals surface area contributed by atoms with E-state index in [4.69, 9.17) is 26.8 Å². The van der Waals surface area contributed by atoms with Gasteiger partial charge in [-0.05, 0) is 18.2 Å². The third-order valence-electron chi connectivity index (χ3n) is 2.87. The summed E-state index contributed by atoms with van der Waals surface area (Å²) in [6, 6.07) is 9.81. The lowest BCUT2D eigenvalue weighted by atomic mass is 10.2. The number of hydrogen-bond donors (Lipinski definition) is 2. The van der Waals surface area contributed by atoms with Crippen LogP contribution in [-0.2, 0) is 0 Å². The summed E-state index contributed by atoms with van der Waals surface area (Å²) >= 11 is 5.91. The van der Waals surface area contributed by atoms with Crippen LogP contribution in [0, 0.1) is 0 Å². The van der Waals surface area contributed by atoms with Gasteiger partial charge in [0.15, 0.2) is 0 Å². The van der Waals surface area contributed by atoms with E-state index in [0.717, 1.165) is 0 Å². The summed E-state index contributed by atoms with van der Waals surface area (Å²) in [5.41, 5.74) is 7.02. The lowest BCUT2D eigenvalue weighted by molar-refractivity contribution is 0.102. The second-order valence-electron chi connectivity index (χ2n) is 4.29. The van der Waals surface area contributed by atoms with E-state index in [1.807, 2.05) is 0 Å². The fourth-order valence-electron chi connectivity index (χ4n) is 1.75. The first kappa shape index (κ1) is 15.0. The van der Waals surface area contributed by atoms with Gasteiger partial charge in [-0.1, -0.05) is 11.6 Å². The Bertz CT molecular complexity index is 652. The average molecular weight is 307 g/mol. The Balaban J connectivity index is 2.24. The minimum Gasteiger partial charge on any atom is -0.497 e. The van der Waals surface area contributed by atoms with Gasteiger partial charge in [-0.25, -0.2) is 0 Å². The maximum Gasteiger partial charge on any atom is 0.255 e. The molecule has 0 saturated carbocycles. The van der Waals surface area contributed by atoms with E-state index in [9.17, 15) is 4.79 Å². The van der Waals surface area contributed by atoms with E-state index in [-0.39, 0.29) is 5.91 Å². The average Bonchev–Trinajstić information content (AvgIpc) is 2.49. The SMILES string of the molecule is COc1cc(NC(=O)c2ccc(N)c(Cl)c2)cc(OC)c1. The van der Waals surface area contributed by atoms with Gasteiger partial charge in [0.25, 0.3) is 5.91 Å². The van der Waals surface area contributed by atoms with Gasteiger partial charge >= 0.3 is 0 Å². The lowest BCUT2D eigenvalue weighted by Crippen LogP contribution is -2.12. The van der Waals surface area contributed by atoms with Crippen molar-refractivity contribution in [1.82, 2.24) is 0 Å². The minimum absolute atomic E-state index is 0.299. The molecular formula is C15H15ClN2O3. The summed E-state index contributed by atoms with van der Waals surface area (Å²) in [5, 5.41) is 3.09. The molecule has 6 heteroatoms. The number of hydrogen-bond acceptors (Lipinski definition) is 4. The number of carbonyl (C=O) groups excluding carboxylic acids is 1. The predicted molar refractivity (Wildman–Crippen MR) is 83.4 cm³/mol. The molecule has 0 unspecified atom stereocenters. The summed E-state index contributed by atoms with van der Waals surface area (Å²) in [4.78, 5) is 12.2. The van der Waals surface area contributed by atoms with Gasteiger partial charge in [0.2, 0.25) is 0 Å². The normalized spacial score (nSPS) is 10.0. The fourth-order valence-corrected chi connectivity index (χ4v) is 1.93. The molecule has 5 nitrogen and oxygen atoms in total. The molecule has 1 amide bonds. The third-order valence-corrected chi connectivity index (χ3v) is 3.20. The second-order valence-corrected chi connectivity index (χ2v) is 4.70. The number of halogens is 1. The van der Waals surface area contributed by atoms with Gasteiger partial charge in [-0.2, -0.15) is 0 Å². The Morgan fingerprint density at radius 1 is 1.10 bits per heavy atom. The Kier molecular flexibility index (Phi) is 4.55. The highest BCUT2D eigenvalue weighted by molar-refractivity contribution is 6.33. The van der Waals surface area contributed by atoms with Crippen LogP contribution in [-0.4, -0.2) is 20.1 Å². The molecule has 2 rings (SSSR count). The smallest absolute Gasteiger partial charge is 0.255 e. The highest BCUT2D eigenvalue weighted by Crippen LogP contribution is 2.26. The molecule has 0 bridgehead atoms. The maximum atomic E-state index is 12.2. The zero-order valence-electron chi connectivity index (χ0n) is 11.6. The van der Waals surface area contributed by atoms with Crippen molar-refractivity contribution in [3.8, 4) is 11.5 Å². The van der Waals surface area contributed by atoms with Crippen molar-refractivity contribution in [2.24, 2.45) is 0 Å². The Hall–Kier alpha value is -2.40. The number of ether oxygens (including phenoxy) is 2. The van der Waals surface area contributed by atoms with Crippen LogP contribution >= 0.6 is 11.6 Å². The molecule has 0 spiro atoms. The second kappa shape index (κ2) is 6.37. The molecule has 110 valence electrons. The quantitative estimate of drug-likeness (QED) is 0.851. The molecule has 3 N–H and O–H groups in total. The number of benzene rings is 2. The van der Waals surface area contributed by atoms with Crippen LogP contribution in [0.15, 0.2) is 36.4 Å². The summed E-state index contributed by atoms with van der Waals surface area (Å²) in [7, 11) is 3.08. The van der Waals surface area contributed by atoms with E-state index in [1.165, 1.54) is 6.07 Å². The molecule has 0 aliphatic carbocycles. The molecule has 0 aromatic heterocycles. The molecule has 2 aromatic rings. The molecule has 0 saturated heterocycles. The van der Waals surface area contributed by atoms with Gasteiger partial charge in [0.1, 0.15) is 11.5 Å². The Labute approximate surface area is 127 Å². The molecule has 21 heavy (non-hydrogen) atoms. The largest absolute Gasteiger partial charge is 0.497 e. The van der Waals surface area contributed by atoms with E-state index in [0.29, 0.717) is 33.5 Å². The zero-order valence-corrected chi connectivity index (χ0v) is 12.4. The van der Waals surface area contributed by atoms with Crippen molar-refractivity contribution in [3.05, 3.63) is 47.0 Å².